The van der Waals surface area contributed by atoms with Crippen LogP contribution in [0.4, 0.5) is 0 Å². The Labute approximate surface area is 94.9 Å². The molecule has 1 amide bonds. The Morgan fingerprint density at radius 3 is 2.33 bits per heavy atom. The van der Waals surface area contributed by atoms with E-state index in [1.165, 1.54) is 11.8 Å². The van der Waals surface area contributed by atoms with E-state index in [9.17, 15) is 9.59 Å². The van der Waals surface area contributed by atoms with Gasteiger partial charge in [-0.25, -0.2) is 0 Å². The Balaban J connectivity index is 3.69. The summed E-state index contributed by atoms with van der Waals surface area (Å²) in [7, 11) is 0. The van der Waals surface area contributed by atoms with Gasteiger partial charge in [-0.15, -0.1) is 11.8 Å². The van der Waals surface area contributed by atoms with Gasteiger partial charge < -0.3 is 10.5 Å². The number of primary amides is 1. The SMILES string of the molecule is C[C@@H](SCCC(=O)OC(C)(C)C)C(N)=O. The first-order chi connectivity index (χ1) is 6.72. The van der Waals surface area contributed by atoms with E-state index in [1.807, 2.05) is 20.8 Å². The van der Waals surface area contributed by atoms with Crippen LogP contribution in [0.1, 0.15) is 34.1 Å². The van der Waals surface area contributed by atoms with Crippen LogP contribution >= 0.6 is 11.8 Å². The first-order valence-electron chi connectivity index (χ1n) is 4.85. The van der Waals surface area contributed by atoms with Crippen molar-refractivity contribution in [1.29, 1.82) is 0 Å². The molecule has 15 heavy (non-hydrogen) atoms. The number of thioether (sulfide) groups is 1. The van der Waals surface area contributed by atoms with Crippen LogP contribution in [0.15, 0.2) is 0 Å². The zero-order chi connectivity index (χ0) is 12.1. The minimum Gasteiger partial charge on any atom is -0.460 e. The van der Waals surface area contributed by atoms with Crippen molar-refractivity contribution in [2.75, 3.05) is 5.75 Å². The number of hydrogen-bond acceptors (Lipinski definition) is 4. The number of carbonyl (C=O) groups is 2. The maximum atomic E-state index is 11.3. The quantitative estimate of drug-likeness (QED) is 0.727. The molecule has 88 valence electrons. The van der Waals surface area contributed by atoms with Crippen molar-refractivity contribution in [2.24, 2.45) is 5.73 Å². The number of nitrogens with two attached hydrogens (primary N) is 1. The van der Waals surface area contributed by atoms with Crippen molar-refractivity contribution in [2.45, 2.75) is 45.0 Å². The molecule has 0 aliphatic carbocycles. The highest BCUT2D eigenvalue weighted by atomic mass is 32.2. The zero-order valence-corrected chi connectivity index (χ0v) is 10.5. The van der Waals surface area contributed by atoms with Crippen LogP contribution in [0, 0.1) is 0 Å². The zero-order valence-electron chi connectivity index (χ0n) is 9.70. The minimum absolute atomic E-state index is 0.244. The topological polar surface area (TPSA) is 69.4 Å². The van der Waals surface area contributed by atoms with Crippen LogP contribution in [-0.4, -0.2) is 28.5 Å². The van der Waals surface area contributed by atoms with Gasteiger partial charge in [-0.1, -0.05) is 0 Å². The van der Waals surface area contributed by atoms with Crippen molar-refractivity contribution in [3.05, 3.63) is 0 Å². The summed E-state index contributed by atoms with van der Waals surface area (Å²) in [6.07, 6.45) is 0.305. The summed E-state index contributed by atoms with van der Waals surface area (Å²) in [5.74, 6) is -0.0465. The normalized spacial score (nSPS) is 13.3. The van der Waals surface area contributed by atoms with Crippen LogP contribution < -0.4 is 5.73 Å². The maximum absolute atomic E-state index is 11.3. The molecule has 5 heteroatoms. The standard InChI is InChI=1S/C10H19NO3S/c1-7(9(11)13)15-6-5-8(12)14-10(2,3)4/h7H,5-6H2,1-4H3,(H2,11,13)/t7-/m1/s1. The van der Waals surface area contributed by atoms with Gasteiger partial charge in [0.2, 0.25) is 5.91 Å². The van der Waals surface area contributed by atoms with E-state index in [0.29, 0.717) is 12.2 Å². The summed E-state index contributed by atoms with van der Waals surface area (Å²) in [6.45, 7) is 7.19. The molecule has 0 spiro atoms. The minimum atomic E-state index is -0.447. The summed E-state index contributed by atoms with van der Waals surface area (Å²) in [4.78, 5) is 21.9. The van der Waals surface area contributed by atoms with Gasteiger partial charge in [-0.3, -0.25) is 9.59 Å². The molecule has 0 saturated heterocycles. The molecule has 4 nitrogen and oxygen atoms in total. The summed E-state index contributed by atoms with van der Waals surface area (Å²) in [5, 5.41) is -0.257. The number of carbonyl (C=O) groups excluding carboxylic acids is 2. The average Bonchev–Trinajstić information content (AvgIpc) is 2.00. The van der Waals surface area contributed by atoms with E-state index >= 15 is 0 Å². The summed E-state index contributed by atoms with van der Waals surface area (Å²) >= 11 is 1.36. The van der Waals surface area contributed by atoms with Gasteiger partial charge in [-0.05, 0) is 27.7 Å². The molecule has 0 saturated carbocycles. The van der Waals surface area contributed by atoms with Gasteiger partial charge in [-0.2, -0.15) is 0 Å². The van der Waals surface area contributed by atoms with E-state index in [4.69, 9.17) is 10.5 Å². The fourth-order valence-electron chi connectivity index (χ4n) is 0.794. The molecule has 0 aromatic rings. The monoisotopic (exact) mass is 233 g/mol. The van der Waals surface area contributed by atoms with Gasteiger partial charge in [0.25, 0.3) is 0 Å². The van der Waals surface area contributed by atoms with E-state index in [1.54, 1.807) is 6.92 Å². The van der Waals surface area contributed by atoms with E-state index in [-0.39, 0.29) is 17.1 Å². The number of ether oxygens (including phenoxy) is 1. The number of esters is 1. The smallest absolute Gasteiger partial charge is 0.307 e. The van der Waals surface area contributed by atoms with E-state index in [0.717, 1.165) is 0 Å². The third-order valence-corrected chi connectivity index (χ3v) is 2.67. The molecular formula is C10H19NO3S. The molecule has 0 radical (unpaired) electrons. The van der Waals surface area contributed by atoms with Crippen molar-refractivity contribution >= 4 is 23.6 Å². The third kappa shape index (κ3) is 8.30. The van der Waals surface area contributed by atoms with Gasteiger partial charge in [0.05, 0.1) is 11.7 Å². The van der Waals surface area contributed by atoms with Crippen LogP contribution in [0.25, 0.3) is 0 Å². The van der Waals surface area contributed by atoms with Crippen LogP contribution in [-0.2, 0) is 14.3 Å². The van der Waals surface area contributed by atoms with Crippen molar-refractivity contribution in [1.82, 2.24) is 0 Å². The molecule has 0 bridgehead atoms. The first-order valence-corrected chi connectivity index (χ1v) is 5.90. The predicted molar refractivity (Wildman–Crippen MR) is 61.6 cm³/mol. The van der Waals surface area contributed by atoms with Crippen molar-refractivity contribution < 1.29 is 14.3 Å². The van der Waals surface area contributed by atoms with E-state index < -0.39 is 5.60 Å². The van der Waals surface area contributed by atoms with Gasteiger partial charge in [0, 0.05) is 5.75 Å². The molecule has 0 aromatic heterocycles. The van der Waals surface area contributed by atoms with Crippen molar-refractivity contribution in [3.8, 4) is 0 Å². The van der Waals surface area contributed by atoms with Crippen LogP contribution in [0.2, 0.25) is 0 Å². The van der Waals surface area contributed by atoms with Crippen LogP contribution in [0.3, 0.4) is 0 Å². The molecule has 0 heterocycles. The Morgan fingerprint density at radius 2 is 1.93 bits per heavy atom. The molecule has 0 fully saturated rings. The lowest BCUT2D eigenvalue weighted by Crippen LogP contribution is -2.25. The first kappa shape index (κ1) is 14.3. The highest BCUT2D eigenvalue weighted by Gasteiger charge is 2.16. The summed E-state index contributed by atoms with van der Waals surface area (Å²) in [6, 6.07) is 0. The molecule has 2 N–H and O–H groups in total. The number of rotatable bonds is 5. The lowest BCUT2D eigenvalue weighted by atomic mass is 10.2. The van der Waals surface area contributed by atoms with E-state index in [2.05, 4.69) is 0 Å². The molecule has 0 aliphatic heterocycles. The highest BCUT2D eigenvalue weighted by Crippen LogP contribution is 2.13. The molecule has 0 unspecified atom stereocenters. The Kier molecular flexibility index (Phi) is 5.72. The second-order valence-corrected chi connectivity index (χ2v) is 5.70. The van der Waals surface area contributed by atoms with Gasteiger partial charge in [0.1, 0.15) is 5.60 Å². The second kappa shape index (κ2) is 6.00. The lowest BCUT2D eigenvalue weighted by molar-refractivity contribution is -0.154. The second-order valence-electron chi connectivity index (χ2n) is 4.25. The summed E-state index contributed by atoms with van der Waals surface area (Å²) in [5.41, 5.74) is 4.63. The molecule has 1 atom stereocenters. The molecule has 0 rings (SSSR count). The van der Waals surface area contributed by atoms with Gasteiger partial charge in [0.15, 0.2) is 0 Å². The maximum Gasteiger partial charge on any atom is 0.307 e. The fraction of sp³-hybridized carbons (Fsp3) is 0.800. The third-order valence-electron chi connectivity index (χ3n) is 1.49. The number of hydrogen-bond donors (Lipinski definition) is 1. The van der Waals surface area contributed by atoms with Crippen molar-refractivity contribution in [3.63, 3.8) is 0 Å². The molecule has 0 aromatic carbocycles. The Hall–Kier alpha value is -0.710. The predicted octanol–water partition coefficient (Wildman–Crippen LogP) is 1.33. The largest absolute Gasteiger partial charge is 0.460 e. The fourth-order valence-corrected chi connectivity index (χ4v) is 1.60. The molecule has 0 aliphatic rings. The summed E-state index contributed by atoms with van der Waals surface area (Å²) < 4.78 is 5.11. The highest BCUT2D eigenvalue weighted by molar-refractivity contribution is 8.00. The lowest BCUT2D eigenvalue weighted by Gasteiger charge is -2.19. The van der Waals surface area contributed by atoms with Crippen LogP contribution in [0.5, 0.6) is 0 Å². The Bertz CT molecular complexity index is 235. The average molecular weight is 233 g/mol. The Morgan fingerprint density at radius 1 is 1.40 bits per heavy atom. The molecular weight excluding hydrogens is 214 g/mol. The number of amides is 1. The van der Waals surface area contributed by atoms with Gasteiger partial charge >= 0.3 is 5.97 Å².